The van der Waals surface area contributed by atoms with Gasteiger partial charge in [0, 0.05) is 12.4 Å². The summed E-state index contributed by atoms with van der Waals surface area (Å²) in [7, 11) is 0. The lowest BCUT2D eigenvalue weighted by Gasteiger charge is -2.28. The summed E-state index contributed by atoms with van der Waals surface area (Å²) in [5, 5.41) is 29.7. The number of rotatable bonds is 5. The highest BCUT2D eigenvalue weighted by molar-refractivity contribution is 6.33. The summed E-state index contributed by atoms with van der Waals surface area (Å²) < 4.78 is 0. The second-order valence-electron chi connectivity index (χ2n) is 3.56. The first-order valence-electron chi connectivity index (χ1n) is 4.83. The monoisotopic (exact) mass is 260 g/mol. The molecule has 0 aromatic carbocycles. The minimum absolute atomic E-state index is 0.105. The number of nitrogens with zero attached hydrogens (tertiary/aromatic N) is 1. The number of aliphatic hydroxyl groups is 3. The Balaban J connectivity index is 2.89. The fourth-order valence-electron chi connectivity index (χ4n) is 1.12. The van der Waals surface area contributed by atoms with Crippen LogP contribution in [0.2, 0.25) is 5.02 Å². The summed E-state index contributed by atoms with van der Waals surface area (Å²) in [6.07, 6.45) is 2.69. The molecule has 1 aromatic rings. The average molecular weight is 261 g/mol. The van der Waals surface area contributed by atoms with E-state index in [1.54, 1.807) is 0 Å². The average Bonchev–Trinajstić information content (AvgIpc) is 2.36. The molecule has 0 fully saturated rings. The van der Waals surface area contributed by atoms with Crippen molar-refractivity contribution in [1.82, 2.24) is 10.3 Å². The van der Waals surface area contributed by atoms with Gasteiger partial charge in [-0.2, -0.15) is 0 Å². The number of halogens is 1. The van der Waals surface area contributed by atoms with E-state index in [9.17, 15) is 4.79 Å². The second-order valence-corrected chi connectivity index (χ2v) is 3.97. The molecule has 0 bridgehead atoms. The van der Waals surface area contributed by atoms with E-state index in [0.717, 1.165) is 0 Å². The van der Waals surface area contributed by atoms with Crippen molar-refractivity contribution in [2.75, 3.05) is 19.8 Å². The third-order valence-corrected chi connectivity index (χ3v) is 2.63. The maximum atomic E-state index is 11.8. The molecule has 7 heteroatoms. The van der Waals surface area contributed by atoms with Crippen molar-refractivity contribution in [3.8, 4) is 0 Å². The van der Waals surface area contributed by atoms with Crippen LogP contribution in [0.5, 0.6) is 0 Å². The second kappa shape index (κ2) is 5.92. The van der Waals surface area contributed by atoms with Gasteiger partial charge in [0.05, 0.1) is 30.4 Å². The minimum atomic E-state index is -1.48. The Bertz CT molecular complexity index is 387. The van der Waals surface area contributed by atoms with E-state index in [4.69, 9.17) is 26.9 Å². The number of nitrogens with one attached hydrogen (secondary N) is 1. The van der Waals surface area contributed by atoms with Gasteiger partial charge < -0.3 is 20.6 Å². The molecule has 0 aliphatic heterocycles. The largest absolute Gasteiger partial charge is 0.394 e. The van der Waals surface area contributed by atoms with Gasteiger partial charge >= 0.3 is 0 Å². The Morgan fingerprint density at radius 3 is 2.41 bits per heavy atom. The van der Waals surface area contributed by atoms with Crippen molar-refractivity contribution in [2.45, 2.75) is 5.54 Å². The Kier molecular flexibility index (Phi) is 4.83. The number of carbonyl (C=O) groups excluding carboxylic acids is 1. The van der Waals surface area contributed by atoms with Crippen LogP contribution < -0.4 is 5.32 Å². The van der Waals surface area contributed by atoms with Crippen LogP contribution in [0, 0.1) is 0 Å². The molecule has 1 aromatic heterocycles. The highest BCUT2D eigenvalue weighted by Gasteiger charge is 2.30. The standard InChI is InChI=1S/C10H13ClN2O4/c11-8-1-2-12-3-7(8)9(17)13-10(4-14,5-15)6-16/h1-3,14-16H,4-6H2,(H,13,17). The molecular weight excluding hydrogens is 248 g/mol. The van der Waals surface area contributed by atoms with Crippen LogP contribution in [0.15, 0.2) is 18.5 Å². The molecule has 1 amide bonds. The summed E-state index contributed by atoms with van der Waals surface area (Å²) in [4.78, 5) is 15.5. The van der Waals surface area contributed by atoms with Crippen LogP contribution in [0.3, 0.4) is 0 Å². The number of amides is 1. The van der Waals surface area contributed by atoms with Gasteiger partial charge in [0.15, 0.2) is 0 Å². The summed E-state index contributed by atoms with van der Waals surface area (Å²) in [5.74, 6) is -0.625. The summed E-state index contributed by atoms with van der Waals surface area (Å²) >= 11 is 5.79. The van der Waals surface area contributed by atoms with Crippen molar-refractivity contribution in [3.05, 3.63) is 29.0 Å². The van der Waals surface area contributed by atoms with Crippen molar-refractivity contribution in [2.24, 2.45) is 0 Å². The van der Waals surface area contributed by atoms with Crippen LogP contribution in [0.25, 0.3) is 0 Å². The SMILES string of the molecule is O=C(NC(CO)(CO)CO)c1cnccc1Cl. The predicted octanol–water partition coefficient (Wildman–Crippen LogP) is -0.819. The Morgan fingerprint density at radius 2 is 1.94 bits per heavy atom. The number of pyridine rings is 1. The fraction of sp³-hybridized carbons (Fsp3) is 0.400. The molecule has 0 radical (unpaired) electrons. The van der Waals surface area contributed by atoms with Crippen LogP contribution >= 0.6 is 11.6 Å². The lowest BCUT2D eigenvalue weighted by atomic mass is 10.0. The highest BCUT2D eigenvalue weighted by atomic mass is 35.5. The van der Waals surface area contributed by atoms with Gasteiger partial charge in [-0.05, 0) is 6.07 Å². The first-order valence-corrected chi connectivity index (χ1v) is 5.21. The van der Waals surface area contributed by atoms with Crippen molar-refractivity contribution >= 4 is 17.5 Å². The maximum absolute atomic E-state index is 11.8. The summed E-state index contributed by atoms with van der Waals surface area (Å²) in [6, 6.07) is 1.44. The quantitative estimate of drug-likeness (QED) is 0.554. The fourth-order valence-corrected chi connectivity index (χ4v) is 1.31. The lowest BCUT2D eigenvalue weighted by molar-refractivity contribution is 0.0375. The van der Waals surface area contributed by atoms with Gasteiger partial charge in [0.25, 0.3) is 5.91 Å². The molecule has 0 spiro atoms. The summed E-state index contributed by atoms with van der Waals surface area (Å²) in [6.45, 7) is -1.78. The number of hydrogen-bond donors (Lipinski definition) is 4. The Morgan fingerprint density at radius 1 is 1.35 bits per heavy atom. The van der Waals surface area contributed by atoms with E-state index in [1.807, 2.05) is 0 Å². The molecule has 0 atom stereocenters. The molecule has 17 heavy (non-hydrogen) atoms. The van der Waals surface area contributed by atoms with Gasteiger partial charge in [-0.25, -0.2) is 0 Å². The zero-order valence-electron chi connectivity index (χ0n) is 8.93. The molecule has 0 aliphatic rings. The van der Waals surface area contributed by atoms with Gasteiger partial charge in [0.1, 0.15) is 5.54 Å². The van der Waals surface area contributed by atoms with Crippen LogP contribution in [-0.2, 0) is 0 Å². The first kappa shape index (κ1) is 13.9. The maximum Gasteiger partial charge on any atom is 0.255 e. The van der Waals surface area contributed by atoms with Crippen LogP contribution in [0.1, 0.15) is 10.4 Å². The molecular formula is C10H13ClN2O4. The summed E-state index contributed by atoms with van der Waals surface area (Å²) in [5.41, 5.74) is -1.37. The molecule has 0 saturated heterocycles. The zero-order valence-corrected chi connectivity index (χ0v) is 9.68. The minimum Gasteiger partial charge on any atom is -0.394 e. The van der Waals surface area contributed by atoms with Gasteiger partial charge in [0.2, 0.25) is 0 Å². The number of hydrogen-bond acceptors (Lipinski definition) is 5. The Labute approximate surface area is 103 Å². The topological polar surface area (TPSA) is 103 Å². The van der Waals surface area contributed by atoms with Crippen LogP contribution in [-0.4, -0.2) is 51.6 Å². The zero-order chi connectivity index (χ0) is 12.9. The molecule has 0 saturated carbocycles. The van der Waals surface area contributed by atoms with Crippen molar-refractivity contribution in [1.29, 1.82) is 0 Å². The molecule has 94 valence electrons. The Hall–Kier alpha value is -1.21. The molecule has 0 aliphatic carbocycles. The highest BCUT2D eigenvalue weighted by Crippen LogP contribution is 2.14. The predicted molar refractivity (Wildman–Crippen MR) is 60.7 cm³/mol. The molecule has 6 nitrogen and oxygen atoms in total. The molecule has 1 rings (SSSR count). The lowest BCUT2D eigenvalue weighted by Crippen LogP contribution is -2.57. The van der Waals surface area contributed by atoms with E-state index in [0.29, 0.717) is 0 Å². The number of aromatic nitrogens is 1. The molecule has 4 N–H and O–H groups in total. The molecule has 0 unspecified atom stereocenters. The van der Waals surface area contributed by atoms with E-state index in [2.05, 4.69) is 10.3 Å². The number of aliphatic hydroxyl groups excluding tert-OH is 3. The normalized spacial score (nSPS) is 11.3. The van der Waals surface area contributed by atoms with E-state index >= 15 is 0 Å². The van der Waals surface area contributed by atoms with Gasteiger partial charge in [-0.1, -0.05) is 11.6 Å². The first-order chi connectivity index (χ1) is 8.08. The van der Waals surface area contributed by atoms with E-state index < -0.39 is 31.3 Å². The van der Waals surface area contributed by atoms with Gasteiger partial charge in [-0.15, -0.1) is 0 Å². The van der Waals surface area contributed by atoms with Gasteiger partial charge in [-0.3, -0.25) is 9.78 Å². The smallest absolute Gasteiger partial charge is 0.255 e. The third kappa shape index (κ3) is 3.13. The molecule has 1 heterocycles. The third-order valence-electron chi connectivity index (χ3n) is 2.30. The number of carbonyl (C=O) groups is 1. The van der Waals surface area contributed by atoms with Crippen molar-refractivity contribution < 1.29 is 20.1 Å². The van der Waals surface area contributed by atoms with Crippen LogP contribution in [0.4, 0.5) is 0 Å². The van der Waals surface area contributed by atoms with E-state index in [-0.39, 0.29) is 10.6 Å². The van der Waals surface area contributed by atoms with Crippen molar-refractivity contribution in [3.63, 3.8) is 0 Å². The van der Waals surface area contributed by atoms with E-state index in [1.165, 1.54) is 18.5 Å².